The maximum Gasteiger partial charge on any atom is 0.191 e. The first-order chi connectivity index (χ1) is 10.7. The summed E-state index contributed by atoms with van der Waals surface area (Å²) in [5.41, 5.74) is 0. The highest BCUT2D eigenvalue weighted by Gasteiger charge is 2.41. The summed E-state index contributed by atoms with van der Waals surface area (Å²) in [7, 11) is 1.85. The Morgan fingerprint density at radius 3 is 2.73 bits per heavy atom. The molecular formula is C16H29N3O2S. The zero-order chi connectivity index (χ0) is 15.4. The molecule has 6 heteroatoms. The minimum absolute atomic E-state index is 0.288. The highest BCUT2D eigenvalue weighted by atomic mass is 32.2. The molecule has 0 aromatic rings. The Morgan fingerprint density at radius 2 is 2.14 bits per heavy atom. The lowest BCUT2D eigenvalue weighted by molar-refractivity contribution is 0.0781. The van der Waals surface area contributed by atoms with E-state index < -0.39 is 0 Å². The van der Waals surface area contributed by atoms with Gasteiger partial charge in [-0.3, -0.25) is 4.99 Å². The topological polar surface area (TPSA) is 54.9 Å². The second-order valence-corrected chi connectivity index (χ2v) is 8.25. The fraction of sp³-hybridized carbons (Fsp3) is 0.938. The van der Waals surface area contributed by atoms with E-state index in [1.807, 2.05) is 7.05 Å². The molecule has 2 bridgehead atoms. The van der Waals surface area contributed by atoms with E-state index in [2.05, 4.69) is 34.3 Å². The number of thioether (sulfide) groups is 1. The Morgan fingerprint density at radius 1 is 1.32 bits per heavy atom. The first kappa shape index (κ1) is 16.4. The van der Waals surface area contributed by atoms with Crippen molar-refractivity contribution in [3.8, 4) is 0 Å². The van der Waals surface area contributed by atoms with Crippen molar-refractivity contribution in [2.45, 2.75) is 62.0 Å². The van der Waals surface area contributed by atoms with Gasteiger partial charge in [-0.2, -0.15) is 11.8 Å². The monoisotopic (exact) mass is 327 g/mol. The van der Waals surface area contributed by atoms with E-state index in [1.165, 1.54) is 12.8 Å². The Hall–Kier alpha value is -0.460. The first-order valence-corrected chi connectivity index (χ1v) is 9.57. The fourth-order valence-electron chi connectivity index (χ4n) is 3.83. The molecule has 0 spiro atoms. The summed E-state index contributed by atoms with van der Waals surface area (Å²) in [6, 6.07) is 0.425. The Kier molecular flexibility index (Phi) is 5.52. The van der Waals surface area contributed by atoms with Crippen molar-refractivity contribution in [3.63, 3.8) is 0 Å². The number of guanidine groups is 1. The number of aliphatic imine (C=N–C) groups is 1. The maximum atomic E-state index is 5.92. The van der Waals surface area contributed by atoms with Crippen LogP contribution in [0.1, 0.15) is 39.0 Å². The number of hydrogen-bond acceptors (Lipinski definition) is 4. The second kappa shape index (κ2) is 7.41. The average molecular weight is 327 g/mol. The standard InChI is InChI=1S/C16H29N3O2S/c1-3-22-16(6-8-20-9-7-16)11-18-15(17-2)19-13-10-12-4-5-14(13)21-12/h12-14H,3-11H2,1-2H3,(H2,17,18,19). The molecule has 2 N–H and O–H groups in total. The van der Waals surface area contributed by atoms with E-state index in [-0.39, 0.29) is 4.75 Å². The van der Waals surface area contributed by atoms with E-state index >= 15 is 0 Å². The summed E-state index contributed by atoms with van der Waals surface area (Å²) in [6.45, 7) is 4.94. The third-order valence-corrected chi connectivity index (χ3v) is 6.54. The molecule has 3 heterocycles. The van der Waals surface area contributed by atoms with Gasteiger partial charge in [0.05, 0.1) is 18.2 Å². The molecule has 3 fully saturated rings. The summed E-state index contributed by atoms with van der Waals surface area (Å²) >= 11 is 2.06. The van der Waals surface area contributed by atoms with Gasteiger partial charge in [-0.05, 0) is 37.9 Å². The van der Waals surface area contributed by atoms with Crippen molar-refractivity contribution in [3.05, 3.63) is 0 Å². The van der Waals surface area contributed by atoms with Gasteiger partial charge in [0.2, 0.25) is 0 Å². The van der Waals surface area contributed by atoms with Gasteiger partial charge in [0.15, 0.2) is 5.96 Å². The van der Waals surface area contributed by atoms with Crippen LogP contribution in [-0.2, 0) is 9.47 Å². The Labute approximate surface area is 138 Å². The highest BCUT2D eigenvalue weighted by Crippen LogP contribution is 2.35. The van der Waals surface area contributed by atoms with E-state index in [9.17, 15) is 0 Å². The fourth-order valence-corrected chi connectivity index (χ4v) is 5.07. The summed E-state index contributed by atoms with van der Waals surface area (Å²) < 4.78 is 11.7. The predicted octanol–water partition coefficient (Wildman–Crippen LogP) is 1.77. The molecule has 0 amide bonds. The van der Waals surface area contributed by atoms with Gasteiger partial charge in [-0.25, -0.2) is 0 Å². The number of fused-ring (bicyclic) bond motifs is 2. The molecule has 0 aromatic heterocycles. The summed E-state index contributed by atoms with van der Waals surface area (Å²) in [6.07, 6.45) is 6.62. The molecule has 126 valence electrons. The number of ether oxygens (including phenoxy) is 2. The van der Waals surface area contributed by atoms with Gasteiger partial charge >= 0.3 is 0 Å². The van der Waals surface area contributed by atoms with E-state index in [1.54, 1.807) is 0 Å². The second-order valence-electron chi connectivity index (χ2n) is 6.51. The molecule has 3 aliphatic heterocycles. The molecule has 5 nitrogen and oxygen atoms in total. The van der Waals surface area contributed by atoms with Crippen molar-refractivity contribution in [1.82, 2.24) is 10.6 Å². The van der Waals surface area contributed by atoms with Gasteiger partial charge in [-0.1, -0.05) is 6.92 Å². The Balaban J connectivity index is 1.51. The quantitative estimate of drug-likeness (QED) is 0.595. The largest absolute Gasteiger partial charge is 0.381 e. The predicted molar refractivity (Wildman–Crippen MR) is 91.7 cm³/mol. The van der Waals surface area contributed by atoms with E-state index in [0.717, 1.165) is 50.7 Å². The number of nitrogens with zero attached hydrogens (tertiary/aromatic N) is 1. The maximum absolute atomic E-state index is 5.92. The zero-order valence-electron chi connectivity index (χ0n) is 13.8. The van der Waals surface area contributed by atoms with Crippen molar-refractivity contribution in [1.29, 1.82) is 0 Å². The summed E-state index contributed by atoms with van der Waals surface area (Å²) in [5, 5.41) is 7.13. The molecule has 0 radical (unpaired) electrons. The smallest absolute Gasteiger partial charge is 0.191 e. The molecule has 3 rings (SSSR count). The molecule has 3 atom stereocenters. The van der Waals surface area contributed by atoms with Crippen LogP contribution in [0.15, 0.2) is 4.99 Å². The van der Waals surface area contributed by atoms with Crippen molar-refractivity contribution in [2.75, 3.05) is 32.6 Å². The normalized spacial score (nSPS) is 33.9. The third-order valence-electron chi connectivity index (χ3n) is 5.08. The SMILES string of the molecule is CCSC1(CNC(=NC)NC2CC3CCC2O3)CCOCC1. The van der Waals surface area contributed by atoms with Crippen LogP contribution in [0.25, 0.3) is 0 Å². The molecule has 0 aliphatic carbocycles. The van der Waals surface area contributed by atoms with Crippen LogP contribution in [0.3, 0.4) is 0 Å². The summed E-state index contributed by atoms with van der Waals surface area (Å²) in [5.74, 6) is 2.07. The van der Waals surface area contributed by atoms with Crippen molar-refractivity contribution < 1.29 is 9.47 Å². The average Bonchev–Trinajstić information content (AvgIpc) is 3.15. The summed E-state index contributed by atoms with van der Waals surface area (Å²) in [4.78, 5) is 4.41. The number of rotatable bonds is 5. The van der Waals surface area contributed by atoms with Gasteiger partial charge in [0, 0.05) is 31.6 Å². The molecule has 0 aromatic carbocycles. The molecule has 3 aliphatic rings. The van der Waals surface area contributed by atoms with Gasteiger partial charge in [-0.15, -0.1) is 0 Å². The molecule has 0 saturated carbocycles. The van der Waals surface area contributed by atoms with Gasteiger partial charge < -0.3 is 20.1 Å². The van der Waals surface area contributed by atoms with E-state index in [0.29, 0.717) is 18.2 Å². The van der Waals surface area contributed by atoms with Crippen LogP contribution in [0, 0.1) is 0 Å². The van der Waals surface area contributed by atoms with Crippen molar-refractivity contribution >= 4 is 17.7 Å². The number of nitrogens with one attached hydrogen (secondary N) is 2. The molecule has 22 heavy (non-hydrogen) atoms. The molecule has 3 saturated heterocycles. The van der Waals surface area contributed by atoms with Crippen LogP contribution >= 0.6 is 11.8 Å². The Bertz CT molecular complexity index is 393. The minimum atomic E-state index is 0.288. The third kappa shape index (κ3) is 3.71. The van der Waals surface area contributed by atoms with Crippen LogP contribution in [0.2, 0.25) is 0 Å². The van der Waals surface area contributed by atoms with Crippen LogP contribution < -0.4 is 10.6 Å². The van der Waals surface area contributed by atoms with Crippen LogP contribution in [0.4, 0.5) is 0 Å². The molecular weight excluding hydrogens is 298 g/mol. The number of hydrogen-bond donors (Lipinski definition) is 2. The van der Waals surface area contributed by atoms with Gasteiger partial charge in [0.25, 0.3) is 0 Å². The molecule has 3 unspecified atom stereocenters. The van der Waals surface area contributed by atoms with Crippen molar-refractivity contribution in [2.24, 2.45) is 4.99 Å². The lowest BCUT2D eigenvalue weighted by Gasteiger charge is -2.37. The zero-order valence-corrected chi connectivity index (χ0v) is 14.6. The van der Waals surface area contributed by atoms with Crippen LogP contribution in [-0.4, -0.2) is 61.5 Å². The van der Waals surface area contributed by atoms with Crippen LogP contribution in [0.5, 0.6) is 0 Å². The van der Waals surface area contributed by atoms with E-state index in [4.69, 9.17) is 9.47 Å². The highest BCUT2D eigenvalue weighted by molar-refractivity contribution is 8.00. The lowest BCUT2D eigenvalue weighted by atomic mass is 9.95. The van der Waals surface area contributed by atoms with Gasteiger partial charge in [0.1, 0.15) is 0 Å². The minimum Gasteiger partial charge on any atom is -0.381 e. The lowest BCUT2D eigenvalue weighted by Crippen LogP contribution is -2.52. The first-order valence-electron chi connectivity index (χ1n) is 8.59.